The third-order valence-corrected chi connectivity index (χ3v) is 3.86. The van der Waals surface area contributed by atoms with Gasteiger partial charge in [-0.05, 0) is 30.2 Å². The third-order valence-electron chi connectivity index (χ3n) is 3.86. The highest BCUT2D eigenvalue weighted by molar-refractivity contribution is 5.79. The first kappa shape index (κ1) is 15.5. The summed E-state index contributed by atoms with van der Waals surface area (Å²) in [5, 5.41) is 21.3. The lowest BCUT2D eigenvalue weighted by atomic mass is 10.1. The van der Waals surface area contributed by atoms with Gasteiger partial charge in [-0.3, -0.25) is 0 Å². The maximum atomic E-state index is 9.38. The summed E-state index contributed by atoms with van der Waals surface area (Å²) in [6.07, 6.45) is 2.07. The quantitative estimate of drug-likeness (QED) is 0.624. The molecule has 0 fully saturated rings. The standard InChI is InChI=1S/C18H21N3O2/c22-12-16(23)11-19-15-6-7-18-17(10-15)20-13-21(18)9-8-14-4-2-1-3-5-14/h1-7,10,13,16,19,22-23H,8-9,11-12H2. The van der Waals surface area contributed by atoms with Crippen LogP contribution in [0.3, 0.4) is 0 Å². The van der Waals surface area contributed by atoms with E-state index in [4.69, 9.17) is 5.11 Å². The SMILES string of the molecule is OCC(O)CNc1ccc2c(c1)ncn2CCc1ccccc1. The van der Waals surface area contributed by atoms with Crippen molar-refractivity contribution in [3.05, 3.63) is 60.4 Å². The Kier molecular flexibility index (Phi) is 4.90. The zero-order chi connectivity index (χ0) is 16.1. The molecule has 5 heteroatoms. The average molecular weight is 311 g/mol. The maximum Gasteiger partial charge on any atom is 0.0958 e. The predicted molar refractivity (Wildman–Crippen MR) is 91.5 cm³/mol. The number of anilines is 1. The van der Waals surface area contributed by atoms with Crippen LogP contribution in [0.4, 0.5) is 5.69 Å². The average Bonchev–Trinajstić information content (AvgIpc) is 3.01. The molecule has 0 saturated heterocycles. The molecule has 1 aromatic heterocycles. The molecule has 120 valence electrons. The molecule has 5 nitrogen and oxygen atoms in total. The monoisotopic (exact) mass is 311 g/mol. The van der Waals surface area contributed by atoms with Crippen molar-refractivity contribution < 1.29 is 10.2 Å². The van der Waals surface area contributed by atoms with Gasteiger partial charge in [-0.15, -0.1) is 0 Å². The van der Waals surface area contributed by atoms with Gasteiger partial charge in [0, 0.05) is 18.8 Å². The minimum Gasteiger partial charge on any atom is -0.394 e. The van der Waals surface area contributed by atoms with Crippen LogP contribution in [-0.2, 0) is 13.0 Å². The molecule has 1 unspecified atom stereocenters. The van der Waals surface area contributed by atoms with Crippen molar-refractivity contribution in [3.8, 4) is 0 Å². The van der Waals surface area contributed by atoms with Gasteiger partial charge in [0.1, 0.15) is 0 Å². The second kappa shape index (κ2) is 7.26. The van der Waals surface area contributed by atoms with Gasteiger partial charge < -0.3 is 20.1 Å². The number of aliphatic hydroxyl groups is 2. The molecule has 1 heterocycles. The maximum absolute atomic E-state index is 9.38. The van der Waals surface area contributed by atoms with E-state index in [0.29, 0.717) is 6.54 Å². The minimum atomic E-state index is -0.755. The molecule has 0 bridgehead atoms. The van der Waals surface area contributed by atoms with Gasteiger partial charge in [0.05, 0.1) is 30.1 Å². The van der Waals surface area contributed by atoms with Gasteiger partial charge >= 0.3 is 0 Å². The normalized spacial score (nSPS) is 12.4. The Bertz CT molecular complexity index is 755. The summed E-state index contributed by atoms with van der Waals surface area (Å²) >= 11 is 0. The van der Waals surface area contributed by atoms with Gasteiger partial charge in [0.15, 0.2) is 0 Å². The van der Waals surface area contributed by atoms with Crippen LogP contribution in [0.1, 0.15) is 5.56 Å². The Hall–Kier alpha value is -2.37. The first-order chi connectivity index (χ1) is 11.3. The van der Waals surface area contributed by atoms with Crippen LogP contribution >= 0.6 is 0 Å². The molecule has 1 atom stereocenters. The van der Waals surface area contributed by atoms with E-state index in [1.165, 1.54) is 5.56 Å². The van der Waals surface area contributed by atoms with Crippen LogP contribution in [0.2, 0.25) is 0 Å². The lowest BCUT2D eigenvalue weighted by Gasteiger charge is -2.10. The van der Waals surface area contributed by atoms with E-state index in [2.05, 4.69) is 39.1 Å². The molecule has 0 amide bonds. The molecule has 3 aromatic rings. The van der Waals surface area contributed by atoms with Crippen molar-refractivity contribution in [3.63, 3.8) is 0 Å². The van der Waals surface area contributed by atoms with Gasteiger partial charge in [-0.1, -0.05) is 30.3 Å². The Balaban J connectivity index is 1.68. The predicted octanol–water partition coefficient (Wildman–Crippen LogP) is 2.04. The number of hydrogen-bond donors (Lipinski definition) is 3. The number of benzene rings is 2. The molecule has 0 radical (unpaired) electrons. The van der Waals surface area contributed by atoms with Gasteiger partial charge in [0.2, 0.25) is 0 Å². The summed E-state index contributed by atoms with van der Waals surface area (Å²) in [5.41, 5.74) is 4.21. The Morgan fingerprint density at radius 3 is 2.74 bits per heavy atom. The molecule has 3 N–H and O–H groups in total. The van der Waals surface area contributed by atoms with Gasteiger partial charge in [0.25, 0.3) is 0 Å². The fraction of sp³-hybridized carbons (Fsp3) is 0.278. The molecule has 3 rings (SSSR count). The highest BCUT2D eigenvalue weighted by atomic mass is 16.3. The Morgan fingerprint density at radius 2 is 1.96 bits per heavy atom. The molecular weight excluding hydrogens is 290 g/mol. The van der Waals surface area contributed by atoms with E-state index in [1.807, 2.05) is 30.6 Å². The van der Waals surface area contributed by atoms with Gasteiger partial charge in [-0.25, -0.2) is 4.98 Å². The van der Waals surface area contributed by atoms with Crippen LogP contribution in [0.5, 0.6) is 0 Å². The number of aliphatic hydroxyl groups excluding tert-OH is 2. The number of hydrogen-bond acceptors (Lipinski definition) is 4. The highest BCUT2D eigenvalue weighted by Crippen LogP contribution is 2.18. The third kappa shape index (κ3) is 3.88. The second-order valence-electron chi connectivity index (χ2n) is 5.59. The fourth-order valence-electron chi connectivity index (χ4n) is 2.55. The van der Waals surface area contributed by atoms with E-state index in [1.54, 1.807) is 0 Å². The summed E-state index contributed by atoms with van der Waals surface area (Å²) in [6, 6.07) is 16.4. The molecule has 0 aliphatic carbocycles. The van der Waals surface area contributed by atoms with Crippen molar-refractivity contribution in [2.75, 3.05) is 18.5 Å². The van der Waals surface area contributed by atoms with E-state index in [0.717, 1.165) is 29.7 Å². The van der Waals surface area contributed by atoms with E-state index < -0.39 is 6.10 Å². The van der Waals surface area contributed by atoms with Crippen LogP contribution < -0.4 is 5.32 Å². The molecule has 0 saturated carbocycles. The van der Waals surface area contributed by atoms with Crippen molar-refractivity contribution >= 4 is 16.7 Å². The minimum absolute atomic E-state index is 0.247. The van der Waals surface area contributed by atoms with Gasteiger partial charge in [-0.2, -0.15) is 0 Å². The lowest BCUT2D eigenvalue weighted by Crippen LogP contribution is -2.22. The number of rotatable bonds is 7. The first-order valence-electron chi connectivity index (χ1n) is 7.78. The second-order valence-corrected chi connectivity index (χ2v) is 5.59. The van der Waals surface area contributed by atoms with E-state index in [-0.39, 0.29) is 6.61 Å². The molecule has 2 aromatic carbocycles. The topological polar surface area (TPSA) is 70.3 Å². The van der Waals surface area contributed by atoms with E-state index in [9.17, 15) is 5.11 Å². The van der Waals surface area contributed by atoms with Crippen molar-refractivity contribution in [2.24, 2.45) is 0 Å². The zero-order valence-electron chi connectivity index (χ0n) is 12.9. The van der Waals surface area contributed by atoms with Crippen molar-refractivity contribution in [2.45, 2.75) is 19.1 Å². The smallest absolute Gasteiger partial charge is 0.0958 e. The molecule has 0 aliphatic heterocycles. The summed E-state index contributed by atoms with van der Waals surface area (Å²) in [7, 11) is 0. The number of aromatic nitrogens is 2. The Labute approximate surface area is 135 Å². The highest BCUT2D eigenvalue weighted by Gasteiger charge is 2.06. The van der Waals surface area contributed by atoms with Crippen molar-refractivity contribution in [1.29, 1.82) is 0 Å². The summed E-state index contributed by atoms with van der Waals surface area (Å²) in [6.45, 7) is 0.955. The van der Waals surface area contributed by atoms with Crippen LogP contribution in [-0.4, -0.2) is 39.0 Å². The molecule has 0 aliphatic rings. The summed E-state index contributed by atoms with van der Waals surface area (Å²) in [5.74, 6) is 0. The van der Waals surface area contributed by atoms with E-state index >= 15 is 0 Å². The van der Waals surface area contributed by atoms with Crippen LogP contribution in [0, 0.1) is 0 Å². The largest absolute Gasteiger partial charge is 0.394 e. The fourth-order valence-corrected chi connectivity index (χ4v) is 2.55. The Morgan fingerprint density at radius 1 is 1.13 bits per heavy atom. The molecular formula is C18H21N3O2. The zero-order valence-corrected chi connectivity index (χ0v) is 12.9. The van der Waals surface area contributed by atoms with Crippen molar-refractivity contribution in [1.82, 2.24) is 9.55 Å². The summed E-state index contributed by atoms with van der Waals surface area (Å²) in [4.78, 5) is 4.45. The molecule has 23 heavy (non-hydrogen) atoms. The van der Waals surface area contributed by atoms with Crippen LogP contribution in [0.25, 0.3) is 11.0 Å². The summed E-state index contributed by atoms with van der Waals surface area (Å²) < 4.78 is 2.15. The number of aryl methyl sites for hydroxylation is 2. The van der Waals surface area contributed by atoms with Crippen LogP contribution in [0.15, 0.2) is 54.9 Å². The number of fused-ring (bicyclic) bond motifs is 1. The lowest BCUT2D eigenvalue weighted by molar-refractivity contribution is 0.105. The first-order valence-corrected chi connectivity index (χ1v) is 7.78. The number of nitrogens with one attached hydrogen (secondary N) is 1. The number of nitrogens with zero attached hydrogens (tertiary/aromatic N) is 2. The molecule has 0 spiro atoms. The number of imidazole rings is 1.